The minimum Gasteiger partial charge on any atom is -0.478 e. The number of hydrogen-bond donors (Lipinski definition) is 3. The number of carboxylic acid groups (broad SMARTS) is 1. The van der Waals surface area contributed by atoms with Gasteiger partial charge in [0.05, 0.1) is 11.3 Å². The normalized spacial score (nSPS) is 9.90. The Morgan fingerprint density at radius 2 is 2.05 bits per heavy atom. The molecule has 0 fully saturated rings. The van der Waals surface area contributed by atoms with E-state index in [0.29, 0.717) is 0 Å². The van der Waals surface area contributed by atoms with Crippen LogP contribution in [-0.2, 0) is 4.79 Å². The quantitative estimate of drug-likeness (QED) is 0.743. The van der Waals surface area contributed by atoms with E-state index in [4.69, 9.17) is 10.8 Å². The van der Waals surface area contributed by atoms with Gasteiger partial charge in [-0.2, -0.15) is 0 Å². The number of carboxylic acids is 1. The predicted octanol–water partition coefficient (Wildman–Crippen LogP) is 0.863. The van der Waals surface area contributed by atoms with E-state index in [2.05, 4.69) is 5.32 Å². The fraction of sp³-hybridized carbons (Fsp3) is 0.250. The van der Waals surface area contributed by atoms with Crippen molar-refractivity contribution in [3.8, 4) is 0 Å². The van der Waals surface area contributed by atoms with Crippen LogP contribution in [0.3, 0.4) is 0 Å². The van der Waals surface area contributed by atoms with Crippen molar-refractivity contribution in [1.29, 1.82) is 0 Å². The highest BCUT2D eigenvalue weighted by atomic mass is 19.1. The first-order valence-electron chi connectivity index (χ1n) is 5.72. The van der Waals surface area contributed by atoms with Gasteiger partial charge in [0, 0.05) is 6.54 Å². The lowest BCUT2D eigenvalue weighted by Crippen LogP contribution is -2.40. The van der Waals surface area contributed by atoms with E-state index in [-0.39, 0.29) is 24.3 Å². The first kappa shape index (κ1) is 15.4. The second-order valence-corrected chi connectivity index (χ2v) is 3.91. The molecule has 0 spiro atoms. The molecule has 1 rings (SSSR count). The number of anilines is 1. The number of halogens is 1. The molecule has 108 valence electrons. The number of urea groups is 1. The molecule has 1 aromatic rings. The van der Waals surface area contributed by atoms with Gasteiger partial charge in [0.2, 0.25) is 5.91 Å². The van der Waals surface area contributed by atoms with Gasteiger partial charge in [0.25, 0.3) is 0 Å². The molecule has 0 saturated heterocycles. The van der Waals surface area contributed by atoms with Crippen LogP contribution in [0.2, 0.25) is 0 Å². The van der Waals surface area contributed by atoms with E-state index in [1.165, 1.54) is 0 Å². The van der Waals surface area contributed by atoms with Crippen molar-refractivity contribution in [2.75, 3.05) is 18.4 Å². The molecule has 8 heteroatoms. The molecule has 0 saturated carbocycles. The molecule has 3 amide bonds. The summed E-state index contributed by atoms with van der Waals surface area (Å²) in [5.74, 6) is -2.73. The number of rotatable bonds is 5. The third-order valence-corrected chi connectivity index (χ3v) is 2.47. The Hall–Kier alpha value is -2.64. The number of aromatic carboxylic acids is 1. The average molecular weight is 283 g/mol. The molecule has 0 radical (unpaired) electrons. The molecule has 7 nitrogen and oxygen atoms in total. The highest BCUT2D eigenvalue weighted by Crippen LogP contribution is 2.16. The number of hydrogen-bond acceptors (Lipinski definition) is 3. The zero-order valence-corrected chi connectivity index (χ0v) is 10.7. The van der Waals surface area contributed by atoms with E-state index < -0.39 is 23.7 Å². The Kier molecular flexibility index (Phi) is 5.01. The number of nitrogens with two attached hydrogens (primary N) is 1. The largest absolute Gasteiger partial charge is 0.478 e. The van der Waals surface area contributed by atoms with Crippen LogP contribution in [0, 0.1) is 5.82 Å². The number of likely N-dealkylation sites (N-methyl/N-ethyl adjacent to an activating group) is 1. The molecule has 0 heterocycles. The molecule has 0 aliphatic carbocycles. The van der Waals surface area contributed by atoms with E-state index in [1.807, 2.05) is 0 Å². The summed E-state index contributed by atoms with van der Waals surface area (Å²) in [5.41, 5.74) is 4.53. The summed E-state index contributed by atoms with van der Waals surface area (Å²) in [5, 5.41) is 11.0. The lowest BCUT2D eigenvalue weighted by molar-refractivity contribution is -0.118. The van der Waals surface area contributed by atoms with E-state index >= 15 is 0 Å². The van der Waals surface area contributed by atoms with E-state index in [0.717, 1.165) is 23.1 Å². The summed E-state index contributed by atoms with van der Waals surface area (Å²) in [7, 11) is 0. The molecular weight excluding hydrogens is 269 g/mol. The number of primary amides is 1. The van der Waals surface area contributed by atoms with Gasteiger partial charge in [0.15, 0.2) is 0 Å². The van der Waals surface area contributed by atoms with Crippen molar-refractivity contribution in [3.05, 3.63) is 29.6 Å². The van der Waals surface area contributed by atoms with Crippen LogP contribution in [0.1, 0.15) is 17.3 Å². The summed E-state index contributed by atoms with van der Waals surface area (Å²) in [6.07, 6.45) is 0. The molecule has 1 aromatic carbocycles. The number of nitrogens with zero attached hydrogens (tertiary/aromatic N) is 1. The Bertz CT molecular complexity index is 548. The zero-order valence-electron chi connectivity index (χ0n) is 10.7. The molecule has 0 atom stereocenters. The van der Waals surface area contributed by atoms with Gasteiger partial charge in [-0.1, -0.05) is 0 Å². The fourth-order valence-electron chi connectivity index (χ4n) is 1.46. The summed E-state index contributed by atoms with van der Waals surface area (Å²) < 4.78 is 13.5. The second kappa shape index (κ2) is 6.50. The highest BCUT2D eigenvalue weighted by Gasteiger charge is 2.16. The van der Waals surface area contributed by atoms with Crippen molar-refractivity contribution in [2.24, 2.45) is 5.73 Å². The molecule has 0 aromatic heterocycles. The smallest absolute Gasteiger partial charge is 0.335 e. The lowest BCUT2D eigenvalue weighted by Gasteiger charge is -2.19. The van der Waals surface area contributed by atoms with Crippen LogP contribution in [0.4, 0.5) is 14.9 Å². The minimum atomic E-state index is -1.25. The fourth-order valence-corrected chi connectivity index (χ4v) is 1.46. The van der Waals surface area contributed by atoms with Crippen molar-refractivity contribution < 1.29 is 23.9 Å². The molecule has 0 bridgehead atoms. The third kappa shape index (κ3) is 3.94. The standard InChI is InChI=1S/C12H14FN3O4/c1-2-16(6-10(14)17)12(20)15-9-5-7(11(18)19)3-4-8(9)13/h3-5H,2,6H2,1H3,(H2,14,17)(H,15,20)(H,18,19). The number of amides is 3. The van der Waals surface area contributed by atoms with Crippen LogP contribution in [0.25, 0.3) is 0 Å². The SMILES string of the molecule is CCN(CC(N)=O)C(=O)Nc1cc(C(=O)O)ccc1F. The van der Waals surface area contributed by atoms with Gasteiger partial charge in [0.1, 0.15) is 12.4 Å². The summed E-state index contributed by atoms with van der Waals surface area (Å²) in [4.78, 5) is 34.4. The van der Waals surface area contributed by atoms with Crippen LogP contribution < -0.4 is 11.1 Å². The third-order valence-electron chi connectivity index (χ3n) is 2.47. The Morgan fingerprint density at radius 3 is 2.55 bits per heavy atom. The van der Waals surface area contributed by atoms with Gasteiger partial charge in [-0.05, 0) is 25.1 Å². The van der Waals surface area contributed by atoms with Crippen molar-refractivity contribution >= 4 is 23.6 Å². The number of carbonyl (C=O) groups excluding carboxylic acids is 2. The van der Waals surface area contributed by atoms with Crippen LogP contribution in [-0.4, -0.2) is 41.0 Å². The molecular formula is C12H14FN3O4. The van der Waals surface area contributed by atoms with Crippen molar-refractivity contribution in [2.45, 2.75) is 6.92 Å². The topological polar surface area (TPSA) is 113 Å². The lowest BCUT2D eigenvalue weighted by atomic mass is 10.2. The Labute approximate surface area is 114 Å². The Balaban J connectivity index is 2.91. The molecule has 4 N–H and O–H groups in total. The predicted molar refractivity (Wildman–Crippen MR) is 68.8 cm³/mol. The summed E-state index contributed by atoms with van der Waals surface area (Å²) in [6.45, 7) is 1.49. The first-order valence-corrected chi connectivity index (χ1v) is 5.72. The maximum Gasteiger partial charge on any atom is 0.335 e. The summed E-state index contributed by atoms with van der Waals surface area (Å²) >= 11 is 0. The number of benzene rings is 1. The summed E-state index contributed by atoms with van der Waals surface area (Å²) in [6, 6.07) is 2.26. The molecule has 0 aliphatic heterocycles. The van der Waals surface area contributed by atoms with Gasteiger partial charge in [-0.15, -0.1) is 0 Å². The van der Waals surface area contributed by atoms with Gasteiger partial charge in [-0.3, -0.25) is 4.79 Å². The molecule has 0 unspecified atom stereocenters. The van der Waals surface area contributed by atoms with Crippen molar-refractivity contribution in [1.82, 2.24) is 4.90 Å². The van der Waals surface area contributed by atoms with Crippen LogP contribution >= 0.6 is 0 Å². The maximum atomic E-state index is 13.5. The van der Waals surface area contributed by atoms with Gasteiger partial charge < -0.3 is 21.1 Å². The Morgan fingerprint density at radius 1 is 1.40 bits per heavy atom. The molecule has 20 heavy (non-hydrogen) atoms. The zero-order chi connectivity index (χ0) is 15.3. The number of carbonyl (C=O) groups is 3. The number of nitrogens with one attached hydrogen (secondary N) is 1. The van der Waals surface area contributed by atoms with E-state index in [9.17, 15) is 18.8 Å². The first-order chi connectivity index (χ1) is 9.35. The van der Waals surface area contributed by atoms with Crippen molar-refractivity contribution in [3.63, 3.8) is 0 Å². The monoisotopic (exact) mass is 283 g/mol. The van der Waals surface area contributed by atoms with E-state index in [1.54, 1.807) is 6.92 Å². The highest BCUT2D eigenvalue weighted by molar-refractivity contribution is 5.94. The van der Waals surface area contributed by atoms with Crippen LogP contribution in [0.15, 0.2) is 18.2 Å². The van der Waals surface area contributed by atoms with Gasteiger partial charge in [-0.25, -0.2) is 14.0 Å². The van der Waals surface area contributed by atoms with Gasteiger partial charge >= 0.3 is 12.0 Å². The van der Waals surface area contributed by atoms with Crippen LogP contribution in [0.5, 0.6) is 0 Å². The minimum absolute atomic E-state index is 0.167. The maximum absolute atomic E-state index is 13.5. The second-order valence-electron chi connectivity index (χ2n) is 3.91. The average Bonchev–Trinajstić information content (AvgIpc) is 2.37. The molecule has 0 aliphatic rings.